The average molecular weight is 174 g/mol. The largest absolute Gasteiger partial charge is 0.497 e. The van der Waals surface area contributed by atoms with Crippen molar-refractivity contribution in [2.45, 2.75) is 6.92 Å². The Bertz CT molecular complexity index is 238. The molecule has 0 aliphatic carbocycles. The number of methoxy groups -OCH3 is 1. The lowest BCUT2D eigenvalue weighted by Crippen LogP contribution is -1.95. The summed E-state index contributed by atoms with van der Waals surface area (Å²) >= 11 is 0. The van der Waals surface area contributed by atoms with Crippen LogP contribution in [-0.2, 0) is 0 Å². The van der Waals surface area contributed by atoms with Crippen LogP contribution in [0.5, 0.6) is 5.75 Å². The Balaban J connectivity index is 2.67. The minimum absolute atomic E-state index is 0.872. The summed E-state index contributed by atoms with van der Waals surface area (Å²) in [5.74, 6) is 1.89. The van der Waals surface area contributed by atoms with Crippen molar-refractivity contribution in [1.82, 2.24) is 0 Å². The quantitative estimate of drug-likeness (QED) is 0.682. The van der Waals surface area contributed by atoms with Gasteiger partial charge in [0.05, 0.1) is 7.11 Å². The summed E-state index contributed by atoms with van der Waals surface area (Å²) in [6.07, 6.45) is 3.97. The average Bonchev–Trinajstić information content (AvgIpc) is 2.18. The van der Waals surface area contributed by atoms with Gasteiger partial charge >= 0.3 is 0 Å². The van der Waals surface area contributed by atoms with Crippen LogP contribution >= 0.6 is 0 Å². The predicted octanol–water partition coefficient (Wildman–Crippen LogP) is 2.88. The molecule has 1 aromatic rings. The van der Waals surface area contributed by atoms with Crippen LogP contribution in [0.15, 0.2) is 24.3 Å². The second-order valence-electron chi connectivity index (χ2n) is 2.75. The molecule has 0 fully saturated rings. The Labute approximate surface area is 80.7 Å². The van der Waals surface area contributed by atoms with Crippen molar-refractivity contribution in [2.75, 3.05) is 7.11 Å². The van der Waals surface area contributed by atoms with Crippen molar-refractivity contribution in [3.8, 4) is 5.75 Å². The van der Waals surface area contributed by atoms with Crippen LogP contribution in [0.25, 0.3) is 0 Å². The smallest absolute Gasteiger partial charge is 0.118 e. The lowest BCUT2D eigenvalue weighted by atomic mass is 9.97. The van der Waals surface area contributed by atoms with Gasteiger partial charge in [0.15, 0.2) is 0 Å². The number of rotatable bonds is 4. The predicted molar refractivity (Wildman–Crippen MR) is 55.0 cm³/mol. The first kappa shape index (κ1) is 10.1. The van der Waals surface area contributed by atoms with Gasteiger partial charge < -0.3 is 4.74 Å². The van der Waals surface area contributed by atoms with Crippen LogP contribution in [0.2, 0.25) is 0 Å². The molecule has 0 aliphatic heterocycles. The molecular formula is C12H14O. The number of hydrogen-bond donors (Lipinski definition) is 0. The summed E-state index contributed by atoms with van der Waals surface area (Å²) < 4.78 is 5.06. The van der Waals surface area contributed by atoms with Crippen molar-refractivity contribution in [3.05, 3.63) is 55.5 Å². The Morgan fingerprint density at radius 1 is 1.31 bits per heavy atom. The highest BCUT2D eigenvalue weighted by Gasteiger charge is 2.04. The summed E-state index contributed by atoms with van der Waals surface area (Å²) in [7, 11) is 1.66. The zero-order chi connectivity index (χ0) is 9.68. The Kier molecular flexibility index (Phi) is 3.81. The van der Waals surface area contributed by atoms with Crippen LogP contribution < -0.4 is 4.74 Å². The molecule has 0 N–H and O–H groups in total. The van der Waals surface area contributed by atoms with Gasteiger partial charge in [0.1, 0.15) is 5.75 Å². The molecule has 0 spiro atoms. The monoisotopic (exact) mass is 174 g/mol. The maximum absolute atomic E-state index is 5.06. The van der Waals surface area contributed by atoms with Crippen LogP contribution in [-0.4, -0.2) is 7.11 Å². The molecule has 0 heterocycles. The van der Waals surface area contributed by atoms with E-state index in [0.717, 1.165) is 17.2 Å². The topological polar surface area (TPSA) is 9.23 Å². The zero-order valence-electron chi connectivity index (χ0n) is 8.08. The molecule has 0 atom stereocenters. The van der Waals surface area contributed by atoms with Gasteiger partial charge in [-0.3, -0.25) is 0 Å². The van der Waals surface area contributed by atoms with E-state index in [1.54, 1.807) is 7.11 Å². The van der Waals surface area contributed by atoms with Crippen LogP contribution in [0, 0.1) is 25.7 Å². The zero-order valence-corrected chi connectivity index (χ0v) is 8.08. The minimum Gasteiger partial charge on any atom is -0.497 e. The standard InChI is InChI=1S/C12H14O/c1-4-5-10(2)11-6-8-12(13-3)9-7-11/h4-9H,2H2,1,3H3. The van der Waals surface area contributed by atoms with Crippen molar-refractivity contribution in [1.29, 1.82) is 0 Å². The molecule has 4 radical (unpaired) electrons. The van der Waals surface area contributed by atoms with Crippen LogP contribution in [0.1, 0.15) is 12.5 Å². The van der Waals surface area contributed by atoms with Crippen LogP contribution in [0.4, 0.5) is 0 Å². The molecule has 0 amide bonds. The second-order valence-corrected chi connectivity index (χ2v) is 2.75. The van der Waals surface area contributed by atoms with Gasteiger partial charge in [0.2, 0.25) is 0 Å². The third-order valence-electron chi connectivity index (χ3n) is 1.83. The van der Waals surface area contributed by atoms with E-state index in [9.17, 15) is 0 Å². The maximum atomic E-state index is 5.06. The van der Waals surface area contributed by atoms with Crippen LogP contribution in [0.3, 0.4) is 0 Å². The lowest BCUT2D eigenvalue weighted by molar-refractivity contribution is 0.414. The highest BCUT2D eigenvalue weighted by molar-refractivity contribution is 5.41. The van der Waals surface area contributed by atoms with Crippen molar-refractivity contribution in [3.63, 3.8) is 0 Å². The minimum atomic E-state index is 0.872. The van der Waals surface area contributed by atoms with E-state index < -0.39 is 0 Å². The van der Waals surface area contributed by atoms with Gasteiger partial charge in [-0.1, -0.05) is 19.1 Å². The van der Waals surface area contributed by atoms with E-state index >= 15 is 0 Å². The normalized spacial score (nSPS) is 10.5. The summed E-state index contributed by atoms with van der Waals surface area (Å²) in [5, 5.41) is 0. The summed E-state index contributed by atoms with van der Waals surface area (Å²) in [6, 6.07) is 7.87. The van der Waals surface area contributed by atoms with E-state index in [0.29, 0.717) is 0 Å². The van der Waals surface area contributed by atoms with Crippen molar-refractivity contribution >= 4 is 0 Å². The number of ether oxygens (including phenoxy) is 1. The summed E-state index contributed by atoms with van der Waals surface area (Å²) in [5.41, 5.74) is 1.12. The molecule has 1 heteroatoms. The summed E-state index contributed by atoms with van der Waals surface area (Å²) in [6.45, 7) is 5.92. The van der Waals surface area contributed by atoms with E-state index in [1.807, 2.05) is 44.0 Å². The Morgan fingerprint density at radius 3 is 2.38 bits per heavy atom. The van der Waals surface area contributed by atoms with Crippen molar-refractivity contribution in [2.24, 2.45) is 0 Å². The van der Waals surface area contributed by atoms with Gasteiger partial charge in [-0.2, -0.15) is 0 Å². The fourth-order valence-corrected chi connectivity index (χ4v) is 1.10. The molecule has 13 heavy (non-hydrogen) atoms. The van der Waals surface area contributed by atoms with Gasteiger partial charge in [-0.15, -0.1) is 0 Å². The molecule has 0 unspecified atom stereocenters. The molecule has 0 bridgehead atoms. The maximum Gasteiger partial charge on any atom is 0.118 e. The molecule has 0 aliphatic rings. The molecule has 1 aromatic carbocycles. The van der Waals surface area contributed by atoms with Gasteiger partial charge in [0, 0.05) is 5.92 Å². The number of benzene rings is 1. The molecular weight excluding hydrogens is 160 g/mol. The van der Waals surface area contributed by atoms with Gasteiger partial charge in [0.25, 0.3) is 0 Å². The first-order valence-corrected chi connectivity index (χ1v) is 4.24. The molecule has 0 saturated heterocycles. The third kappa shape index (κ3) is 2.76. The molecule has 0 saturated carbocycles. The highest BCUT2D eigenvalue weighted by Crippen LogP contribution is 2.20. The molecule has 68 valence electrons. The molecule has 1 rings (SSSR count). The lowest BCUT2D eigenvalue weighted by Gasteiger charge is -2.09. The summed E-state index contributed by atoms with van der Waals surface area (Å²) in [4.78, 5) is 0. The Hall–Kier alpha value is -0.980. The van der Waals surface area contributed by atoms with E-state index in [4.69, 9.17) is 4.74 Å². The molecule has 0 aromatic heterocycles. The van der Waals surface area contributed by atoms with E-state index in [2.05, 4.69) is 6.92 Å². The Morgan fingerprint density at radius 2 is 1.92 bits per heavy atom. The SMILES string of the molecule is [CH2][C]([CH][CH]C)c1ccc(OC)cc1. The van der Waals surface area contributed by atoms with E-state index in [-0.39, 0.29) is 0 Å². The van der Waals surface area contributed by atoms with Gasteiger partial charge in [-0.05, 0) is 37.5 Å². The van der Waals surface area contributed by atoms with E-state index in [1.165, 1.54) is 0 Å². The fraction of sp³-hybridized carbons (Fsp3) is 0.167. The first-order valence-electron chi connectivity index (χ1n) is 4.24. The van der Waals surface area contributed by atoms with Crippen molar-refractivity contribution < 1.29 is 4.74 Å². The number of hydrogen-bond acceptors (Lipinski definition) is 1. The third-order valence-corrected chi connectivity index (χ3v) is 1.83. The fourth-order valence-electron chi connectivity index (χ4n) is 1.10. The second kappa shape index (κ2) is 4.90. The molecule has 1 nitrogen and oxygen atoms in total. The highest BCUT2D eigenvalue weighted by atomic mass is 16.5. The van der Waals surface area contributed by atoms with Gasteiger partial charge in [-0.25, -0.2) is 0 Å². The first-order chi connectivity index (χ1) is 6.27.